The van der Waals surface area contributed by atoms with E-state index in [1.165, 1.54) is 90.5 Å². The molecule has 0 bridgehead atoms. The van der Waals surface area contributed by atoms with Crippen molar-refractivity contribution >= 4 is 0 Å². The zero-order valence-electron chi connectivity index (χ0n) is 13.6. The van der Waals surface area contributed by atoms with Gasteiger partial charge in [-0.3, -0.25) is 9.80 Å². The van der Waals surface area contributed by atoms with Gasteiger partial charge in [0.15, 0.2) is 0 Å². The second kappa shape index (κ2) is 6.55. The Morgan fingerprint density at radius 2 is 1.48 bits per heavy atom. The van der Waals surface area contributed by atoms with Crippen molar-refractivity contribution in [3.63, 3.8) is 0 Å². The number of rotatable bonds is 2. The average Bonchev–Trinajstić information content (AvgIpc) is 3.05. The molecule has 1 aliphatic carbocycles. The largest absolute Gasteiger partial charge is 0.312 e. The van der Waals surface area contributed by atoms with Gasteiger partial charge in [0.1, 0.15) is 0 Å². The van der Waals surface area contributed by atoms with E-state index in [4.69, 9.17) is 0 Å². The molecule has 0 radical (unpaired) electrons. The van der Waals surface area contributed by atoms with Crippen molar-refractivity contribution < 1.29 is 0 Å². The minimum absolute atomic E-state index is 0.781. The molecule has 0 aromatic rings. The van der Waals surface area contributed by atoms with Crippen molar-refractivity contribution in [2.75, 3.05) is 32.7 Å². The fraction of sp³-hybridized carbons (Fsp3) is 1.00. The predicted octanol–water partition coefficient (Wildman–Crippen LogP) is 2.47. The van der Waals surface area contributed by atoms with Crippen LogP contribution in [0.5, 0.6) is 0 Å². The molecule has 0 aromatic carbocycles. The van der Waals surface area contributed by atoms with Gasteiger partial charge in [-0.05, 0) is 64.1 Å². The Morgan fingerprint density at radius 3 is 2.38 bits per heavy atom. The van der Waals surface area contributed by atoms with Gasteiger partial charge < -0.3 is 5.32 Å². The summed E-state index contributed by atoms with van der Waals surface area (Å²) in [6.45, 7) is 6.66. The molecule has 1 N–H and O–H groups in total. The normalized spacial score (nSPS) is 40.3. The van der Waals surface area contributed by atoms with Gasteiger partial charge in [-0.25, -0.2) is 0 Å². The molecule has 120 valence electrons. The zero-order chi connectivity index (χ0) is 14.1. The first-order chi connectivity index (χ1) is 10.4. The van der Waals surface area contributed by atoms with Gasteiger partial charge in [-0.2, -0.15) is 0 Å². The molecule has 0 amide bonds. The van der Waals surface area contributed by atoms with Crippen LogP contribution in [-0.4, -0.2) is 60.6 Å². The summed E-state index contributed by atoms with van der Waals surface area (Å²) in [5.41, 5.74) is 0. The second-order valence-corrected chi connectivity index (χ2v) is 7.91. The van der Waals surface area contributed by atoms with Crippen molar-refractivity contribution in [3.05, 3.63) is 0 Å². The molecule has 3 aliphatic heterocycles. The summed E-state index contributed by atoms with van der Waals surface area (Å²) in [5.74, 6) is 0.959. The van der Waals surface area contributed by atoms with E-state index in [9.17, 15) is 0 Å². The van der Waals surface area contributed by atoms with E-state index in [1.54, 1.807) is 0 Å². The average molecular weight is 291 g/mol. The van der Waals surface area contributed by atoms with Gasteiger partial charge in [0, 0.05) is 31.2 Å². The molecule has 3 heteroatoms. The first-order valence-electron chi connectivity index (χ1n) is 9.63. The maximum Gasteiger partial charge on any atom is 0.0264 e. The van der Waals surface area contributed by atoms with E-state index in [1.807, 2.05) is 0 Å². The van der Waals surface area contributed by atoms with Crippen molar-refractivity contribution in [1.29, 1.82) is 0 Å². The molecule has 3 unspecified atom stereocenters. The minimum atomic E-state index is 0.781. The van der Waals surface area contributed by atoms with Crippen LogP contribution >= 0.6 is 0 Å². The maximum absolute atomic E-state index is 3.91. The van der Waals surface area contributed by atoms with E-state index >= 15 is 0 Å². The van der Waals surface area contributed by atoms with Crippen molar-refractivity contribution in [2.24, 2.45) is 5.92 Å². The number of hydrogen-bond acceptors (Lipinski definition) is 3. The Balaban J connectivity index is 1.42. The van der Waals surface area contributed by atoms with Gasteiger partial charge in [0.05, 0.1) is 0 Å². The molecular weight excluding hydrogens is 258 g/mol. The van der Waals surface area contributed by atoms with Gasteiger partial charge in [-0.1, -0.05) is 19.3 Å². The van der Waals surface area contributed by atoms with E-state index in [0.29, 0.717) is 0 Å². The van der Waals surface area contributed by atoms with Crippen LogP contribution in [0.3, 0.4) is 0 Å². The lowest BCUT2D eigenvalue weighted by Gasteiger charge is -2.37. The van der Waals surface area contributed by atoms with Crippen LogP contribution in [0.25, 0.3) is 0 Å². The Hall–Kier alpha value is -0.120. The first kappa shape index (κ1) is 14.5. The van der Waals surface area contributed by atoms with Crippen LogP contribution in [0.1, 0.15) is 57.8 Å². The third-order valence-corrected chi connectivity index (χ3v) is 6.72. The summed E-state index contributed by atoms with van der Waals surface area (Å²) in [6, 6.07) is 2.55. The molecule has 4 aliphatic rings. The molecule has 1 saturated carbocycles. The summed E-state index contributed by atoms with van der Waals surface area (Å²) in [5, 5.41) is 3.91. The summed E-state index contributed by atoms with van der Waals surface area (Å²) in [6.07, 6.45) is 13.1. The Kier molecular flexibility index (Phi) is 4.52. The highest BCUT2D eigenvalue weighted by molar-refractivity contribution is 4.98. The van der Waals surface area contributed by atoms with Gasteiger partial charge in [0.25, 0.3) is 0 Å². The van der Waals surface area contributed by atoms with E-state index in [2.05, 4.69) is 15.1 Å². The third kappa shape index (κ3) is 3.02. The lowest BCUT2D eigenvalue weighted by atomic mass is 9.83. The number of hydrogen-bond donors (Lipinski definition) is 1. The van der Waals surface area contributed by atoms with Crippen LogP contribution in [0, 0.1) is 5.92 Å². The van der Waals surface area contributed by atoms with Gasteiger partial charge in [-0.15, -0.1) is 0 Å². The topological polar surface area (TPSA) is 18.5 Å². The zero-order valence-corrected chi connectivity index (χ0v) is 13.6. The fourth-order valence-electron chi connectivity index (χ4n) is 5.61. The Bertz CT molecular complexity index is 339. The highest BCUT2D eigenvalue weighted by Gasteiger charge is 2.41. The van der Waals surface area contributed by atoms with Crippen LogP contribution in [0.15, 0.2) is 0 Å². The smallest absolute Gasteiger partial charge is 0.0264 e. The van der Waals surface area contributed by atoms with E-state index < -0.39 is 0 Å². The van der Waals surface area contributed by atoms with Crippen LogP contribution in [0.2, 0.25) is 0 Å². The van der Waals surface area contributed by atoms with Crippen molar-refractivity contribution in [1.82, 2.24) is 15.1 Å². The molecule has 4 rings (SSSR count). The monoisotopic (exact) mass is 291 g/mol. The Morgan fingerprint density at radius 1 is 0.667 bits per heavy atom. The molecule has 0 aromatic heterocycles. The number of fused-ring (bicyclic) bond motifs is 1. The fourth-order valence-corrected chi connectivity index (χ4v) is 5.61. The lowest BCUT2D eigenvalue weighted by Crippen LogP contribution is -2.49. The van der Waals surface area contributed by atoms with Crippen molar-refractivity contribution in [3.8, 4) is 0 Å². The summed E-state index contributed by atoms with van der Waals surface area (Å²) < 4.78 is 0. The quantitative estimate of drug-likeness (QED) is 0.843. The molecule has 21 heavy (non-hydrogen) atoms. The SMILES string of the molecule is C1CCC(C2CN(C3CCN4CCCC34)CCCN2)CC1. The molecule has 3 saturated heterocycles. The highest BCUT2D eigenvalue weighted by atomic mass is 15.3. The van der Waals surface area contributed by atoms with E-state index in [-0.39, 0.29) is 0 Å². The van der Waals surface area contributed by atoms with Crippen LogP contribution < -0.4 is 5.32 Å². The standard InChI is InChI=1S/C18H33N3/c1-2-6-15(7-3-1)16-14-21(12-5-10-19-16)18-9-13-20-11-4-8-17(18)20/h15-19H,1-14H2. The molecule has 3 atom stereocenters. The van der Waals surface area contributed by atoms with Gasteiger partial charge >= 0.3 is 0 Å². The second-order valence-electron chi connectivity index (χ2n) is 7.91. The first-order valence-corrected chi connectivity index (χ1v) is 9.63. The molecule has 3 nitrogen and oxygen atoms in total. The Labute approximate surface area is 130 Å². The number of nitrogens with one attached hydrogen (secondary N) is 1. The van der Waals surface area contributed by atoms with E-state index in [0.717, 1.165) is 24.0 Å². The third-order valence-electron chi connectivity index (χ3n) is 6.72. The lowest BCUT2D eigenvalue weighted by molar-refractivity contribution is 0.137. The minimum Gasteiger partial charge on any atom is -0.312 e. The predicted molar refractivity (Wildman–Crippen MR) is 87.6 cm³/mol. The highest BCUT2D eigenvalue weighted by Crippen LogP contribution is 2.33. The summed E-state index contributed by atoms with van der Waals surface area (Å²) in [7, 11) is 0. The van der Waals surface area contributed by atoms with Gasteiger partial charge in [0.2, 0.25) is 0 Å². The van der Waals surface area contributed by atoms with Crippen LogP contribution in [-0.2, 0) is 0 Å². The number of nitrogens with zero attached hydrogens (tertiary/aromatic N) is 2. The summed E-state index contributed by atoms with van der Waals surface area (Å²) in [4.78, 5) is 5.67. The van der Waals surface area contributed by atoms with Crippen LogP contribution in [0.4, 0.5) is 0 Å². The molecule has 3 heterocycles. The summed E-state index contributed by atoms with van der Waals surface area (Å²) >= 11 is 0. The molecule has 0 spiro atoms. The van der Waals surface area contributed by atoms with Crippen molar-refractivity contribution in [2.45, 2.75) is 75.9 Å². The maximum atomic E-state index is 3.91. The molecule has 4 fully saturated rings. The molecular formula is C18H33N3.